The van der Waals surface area contributed by atoms with Gasteiger partial charge in [-0.3, -0.25) is 0 Å². The number of benzene rings is 3. The van der Waals surface area contributed by atoms with Gasteiger partial charge in [-0.15, -0.1) is 0 Å². The predicted octanol–water partition coefficient (Wildman–Crippen LogP) is 2.85. The number of aliphatic hydroxyl groups excluding tert-OH is 3. The Balaban J connectivity index is 1.54. The van der Waals surface area contributed by atoms with E-state index in [4.69, 9.17) is 18.9 Å². The number of hydrogen-bond acceptors (Lipinski definition) is 7. The molecule has 1 aliphatic rings. The molecule has 0 amide bonds. The fraction of sp³-hybridized carbons (Fsp3) is 0.357. The molecule has 0 saturated heterocycles. The van der Waals surface area contributed by atoms with Crippen molar-refractivity contribution in [2.24, 2.45) is 0 Å². The number of ether oxygens (including phenoxy) is 4. The zero-order chi connectivity index (χ0) is 24.6. The fourth-order valence-electron chi connectivity index (χ4n) is 4.19. The summed E-state index contributed by atoms with van der Waals surface area (Å²) in [6, 6.07) is 26.5. The van der Waals surface area contributed by atoms with Gasteiger partial charge in [0.2, 0.25) is 0 Å². The van der Waals surface area contributed by atoms with E-state index in [0.29, 0.717) is 0 Å². The minimum atomic E-state index is -1.45. The predicted molar refractivity (Wildman–Crippen MR) is 130 cm³/mol. The summed E-state index contributed by atoms with van der Waals surface area (Å²) in [4.78, 5) is 0. The smallest absolute Gasteiger partial charge is 0.118 e. The first-order valence-corrected chi connectivity index (χ1v) is 11.7. The van der Waals surface area contributed by atoms with Crippen LogP contribution in [0.15, 0.2) is 84.9 Å². The molecular weight excluding hydrogens is 448 g/mol. The Morgan fingerprint density at radius 1 is 0.514 bits per heavy atom. The fourth-order valence-corrected chi connectivity index (χ4v) is 4.19. The van der Waals surface area contributed by atoms with E-state index in [0.717, 1.165) is 22.4 Å². The quantitative estimate of drug-likeness (QED) is 0.411. The molecule has 3 aromatic rings. The van der Waals surface area contributed by atoms with Gasteiger partial charge in [0.15, 0.2) is 0 Å². The second-order valence-corrected chi connectivity index (χ2v) is 8.62. The van der Waals surface area contributed by atoms with E-state index in [1.807, 2.05) is 84.9 Å². The van der Waals surface area contributed by atoms with E-state index in [-0.39, 0.29) is 19.8 Å². The molecule has 0 aliphatic heterocycles. The standard InChI is InChI=1S/C28H32O7/c1-32-22-14-12-21(13-15-22)18-35-28-26(33-16-19-8-4-2-5-9-19)24(30)23(29)25(31)27(28)34-17-20-10-6-3-7-11-20/h2-15,23-31H,16-18H2,1H3/t23?,24-,25+,26-,27-,28?/m0/s1. The summed E-state index contributed by atoms with van der Waals surface area (Å²) in [5.41, 5.74) is 2.71. The number of methoxy groups -OCH3 is 1. The van der Waals surface area contributed by atoms with E-state index in [9.17, 15) is 15.3 Å². The molecule has 2 unspecified atom stereocenters. The second kappa shape index (κ2) is 12.3. The third kappa shape index (κ3) is 6.46. The highest BCUT2D eigenvalue weighted by atomic mass is 16.6. The summed E-state index contributed by atoms with van der Waals surface area (Å²) < 4.78 is 23.6. The second-order valence-electron chi connectivity index (χ2n) is 8.62. The van der Waals surface area contributed by atoms with Crippen molar-refractivity contribution < 1.29 is 34.3 Å². The first-order chi connectivity index (χ1) is 17.1. The molecule has 0 heterocycles. The lowest BCUT2D eigenvalue weighted by Crippen LogP contribution is -2.65. The largest absolute Gasteiger partial charge is 0.497 e. The van der Waals surface area contributed by atoms with E-state index < -0.39 is 36.6 Å². The monoisotopic (exact) mass is 480 g/mol. The first-order valence-electron chi connectivity index (χ1n) is 11.7. The Hall–Kier alpha value is -2.78. The lowest BCUT2D eigenvalue weighted by molar-refractivity contribution is -0.263. The normalized spacial score (nSPS) is 26.4. The summed E-state index contributed by atoms with van der Waals surface area (Å²) >= 11 is 0. The summed E-state index contributed by atoms with van der Waals surface area (Å²) in [6.07, 6.45) is -6.84. The van der Waals surface area contributed by atoms with Crippen LogP contribution in [0.5, 0.6) is 5.75 Å². The lowest BCUT2D eigenvalue weighted by atomic mass is 9.84. The van der Waals surface area contributed by atoms with E-state index in [1.165, 1.54) is 0 Å². The van der Waals surface area contributed by atoms with Crippen LogP contribution in [0.4, 0.5) is 0 Å². The number of hydrogen-bond donors (Lipinski definition) is 3. The van der Waals surface area contributed by atoms with Crippen LogP contribution in [0, 0.1) is 0 Å². The maximum atomic E-state index is 10.8. The van der Waals surface area contributed by atoms with Crippen molar-refractivity contribution in [2.75, 3.05) is 7.11 Å². The molecule has 3 aromatic carbocycles. The van der Waals surface area contributed by atoms with Gasteiger partial charge in [-0.25, -0.2) is 0 Å². The van der Waals surface area contributed by atoms with Crippen molar-refractivity contribution in [3.05, 3.63) is 102 Å². The van der Waals surface area contributed by atoms with Crippen LogP contribution in [0.3, 0.4) is 0 Å². The Kier molecular flexibility index (Phi) is 8.87. The summed E-state index contributed by atoms with van der Waals surface area (Å²) in [6.45, 7) is 0.610. The Morgan fingerprint density at radius 2 is 0.914 bits per heavy atom. The van der Waals surface area contributed by atoms with Crippen LogP contribution in [0.1, 0.15) is 16.7 Å². The van der Waals surface area contributed by atoms with Gasteiger partial charge in [0, 0.05) is 0 Å². The highest BCUT2D eigenvalue weighted by Crippen LogP contribution is 2.30. The highest BCUT2D eigenvalue weighted by molar-refractivity contribution is 5.26. The zero-order valence-electron chi connectivity index (χ0n) is 19.6. The van der Waals surface area contributed by atoms with Crippen molar-refractivity contribution >= 4 is 0 Å². The molecule has 0 bridgehead atoms. The molecule has 1 aliphatic carbocycles. The molecule has 7 heteroatoms. The van der Waals surface area contributed by atoms with Gasteiger partial charge < -0.3 is 34.3 Å². The maximum absolute atomic E-state index is 10.8. The molecule has 1 fully saturated rings. The van der Waals surface area contributed by atoms with Crippen LogP contribution in [0.25, 0.3) is 0 Å². The first kappa shape index (κ1) is 25.3. The summed E-state index contributed by atoms with van der Waals surface area (Å²) in [5.74, 6) is 0.730. The third-order valence-electron chi connectivity index (χ3n) is 6.19. The minimum Gasteiger partial charge on any atom is -0.497 e. The molecule has 7 nitrogen and oxygen atoms in total. The molecule has 0 spiro atoms. The minimum absolute atomic E-state index is 0.195. The molecular formula is C28H32O7. The summed E-state index contributed by atoms with van der Waals surface area (Å²) in [7, 11) is 1.60. The van der Waals surface area contributed by atoms with E-state index >= 15 is 0 Å². The van der Waals surface area contributed by atoms with Crippen molar-refractivity contribution in [3.8, 4) is 5.75 Å². The van der Waals surface area contributed by atoms with E-state index in [2.05, 4.69) is 0 Å². The average molecular weight is 481 g/mol. The van der Waals surface area contributed by atoms with Gasteiger partial charge in [-0.2, -0.15) is 0 Å². The van der Waals surface area contributed by atoms with Crippen molar-refractivity contribution in [2.45, 2.75) is 56.4 Å². The van der Waals surface area contributed by atoms with Gasteiger partial charge in [-0.1, -0.05) is 72.8 Å². The van der Waals surface area contributed by atoms with E-state index in [1.54, 1.807) is 7.11 Å². The molecule has 35 heavy (non-hydrogen) atoms. The van der Waals surface area contributed by atoms with Crippen molar-refractivity contribution in [1.29, 1.82) is 0 Å². The topological polar surface area (TPSA) is 97.6 Å². The third-order valence-corrected chi connectivity index (χ3v) is 6.19. The Morgan fingerprint density at radius 3 is 1.34 bits per heavy atom. The summed E-state index contributed by atoms with van der Waals surface area (Å²) in [5, 5.41) is 32.3. The number of rotatable bonds is 10. The van der Waals surface area contributed by atoms with Gasteiger partial charge >= 0.3 is 0 Å². The van der Waals surface area contributed by atoms with Gasteiger partial charge in [0.25, 0.3) is 0 Å². The molecule has 4 rings (SSSR count). The van der Waals surface area contributed by atoms with Crippen LogP contribution < -0.4 is 4.74 Å². The molecule has 0 aromatic heterocycles. The van der Waals surface area contributed by atoms with Gasteiger partial charge in [0.05, 0.1) is 26.9 Å². The number of aliphatic hydroxyl groups is 3. The highest BCUT2D eigenvalue weighted by Gasteiger charge is 2.51. The molecule has 3 N–H and O–H groups in total. The van der Waals surface area contributed by atoms with Crippen LogP contribution in [-0.2, 0) is 34.0 Å². The van der Waals surface area contributed by atoms with Gasteiger partial charge in [-0.05, 0) is 28.8 Å². The Bertz CT molecular complexity index is 955. The molecule has 186 valence electrons. The van der Waals surface area contributed by atoms with Crippen LogP contribution >= 0.6 is 0 Å². The lowest BCUT2D eigenvalue weighted by Gasteiger charge is -2.45. The Labute approximate surface area is 205 Å². The molecule has 1 saturated carbocycles. The molecule has 6 atom stereocenters. The van der Waals surface area contributed by atoms with Crippen LogP contribution in [0.2, 0.25) is 0 Å². The maximum Gasteiger partial charge on any atom is 0.118 e. The zero-order valence-corrected chi connectivity index (χ0v) is 19.6. The van der Waals surface area contributed by atoms with Crippen molar-refractivity contribution in [1.82, 2.24) is 0 Å². The molecule has 0 radical (unpaired) electrons. The average Bonchev–Trinajstić information content (AvgIpc) is 2.91. The van der Waals surface area contributed by atoms with Gasteiger partial charge in [0.1, 0.15) is 42.4 Å². The van der Waals surface area contributed by atoms with Crippen LogP contribution in [-0.4, -0.2) is 59.1 Å². The SMILES string of the molecule is COc1ccc(COC2[C@@H](OCc3ccccc3)[C@H](O)C(O)[C@H](O)[C@@H]2OCc2ccccc2)cc1. The van der Waals surface area contributed by atoms with Crippen molar-refractivity contribution in [3.63, 3.8) is 0 Å².